The number of nitrogens with one attached hydrogen (secondary N) is 1. The van der Waals surface area contributed by atoms with Gasteiger partial charge in [0, 0.05) is 17.8 Å². The van der Waals surface area contributed by atoms with Gasteiger partial charge in [0.2, 0.25) is 0 Å². The summed E-state index contributed by atoms with van der Waals surface area (Å²) in [5.41, 5.74) is 2.71. The van der Waals surface area contributed by atoms with Crippen LogP contribution in [0.4, 0.5) is 5.69 Å². The maximum absolute atomic E-state index is 12.3. The maximum Gasteiger partial charge on any atom is 0.255 e. The zero-order valence-corrected chi connectivity index (χ0v) is 12.7. The molecular weight excluding hydrogens is 260 g/mol. The highest BCUT2D eigenvalue weighted by atomic mass is 16.1. The second-order valence-electron chi connectivity index (χ2n) is 4.94. The average Bonchev–Trinajstić information content (AvgIpc) is 2.54. The van der Waals surface area contributed by atoms with Crippen molar-refractivity contribution in [2.24, 2.45) is 0 Å². The van der Waals surface area contributed by atoms with Gasteiger partial charge in [0.1, 0.15) is 0 Å². The predicted molar refractivity (Wildman–Crippen MR) is 87.5 cm³/mol. The van der Waals surface area contributed by atoms with Gasteiger partial charge in [-0.1, -0.05) is 50.2 Å². The van der Waals surface area contributed by atoms with Crippen molar-refractivity contribution < 1.29 is 4.79 Å². The molecule has 0 saturated carbocycles. The van der Waals surface area contributed by atoms with E-state index in [2.05, 4.69) is 30.1 Å². The predicted octanol–water partition coefficient (Wildman–Crippen LogP) is 3.78. The van der Waals surface area contributed by atoms with Crippen LogP contribution in [0.2, 0.25) is 0 Å². The number of anilines is 1. The van der Waals surface area contributed by atoms with Crippen LogP contribution in [-0.2, 0) is 6.54 Å². The van der Waals surface area contributed by atoms with E-state index < -0.39 is 0 Å². The molecule has 0 atom stereocenters. The Bertz CT molecular complexity index is 577. The van der Waals surface area contributed by atoms with Gasteiger partial charge in [-0.25, -0.2) is 0 Å². The third-order valence-electron chi connectivity index (χ3n) is 3.59. The Morgan fingerprint density at radius 3 is 2.24 bits per heavy atom. The Morgan fingerprint density at radius 1 is 0.952 bits per heavy atom. The molecule has 0 saturated heterocycles. The fraction of sp³-hybridized carbons (Fsp3) is 0.278. The molecule has 1 N–H and O–H groups in total. The van der Waals surface area contributed by atoms with Gasteiger partial charge >= 0.3 is 0 Å². The lowest BCUT2D eigenvalue weighted by Crippen LogP contribution is -2.23. The second kappa shape index (κ2) is 7.60. The van der Waals surface area contributed by atoms with E-state index in [0.29, 0.717) is 5.56 Å². The van der Waals surface area contributed by atoms with E-state index >= 15 is 0 Å². The monoisotopic (exact) mass is 282 g/mol. The summed E-state index contributed by atoms with van der Waals surface area (Å²) in [6.45, 7) is 7.14. The molecule has 0 radical (unpaired) electrons. The fourth-order valence-electron chi connectivity index (χ4n) is 2.25. The number of carbonyl (C=O) groups is 1. The van der Waals surface area contributed by atoms with Crippen LogP contribution in [0.15, 0.2) is 54.6 Å². The van der Waals surface area contributed by atoms with Crippen LogP contribution in [0.1, 0.15) is 29.8 Å². The minimum absolute atomic E-state index is 0.0670. The van der Waals surface area contributed by atoms with Crippen LogP contribution >= 0.6 is 0 Å². The SMILES string of the molecule is CCN(CC)Cc1ccccc1NC(=O)c1ccccc1. The Hall–Kier alpha value is -2.13. The highest BCUT2D eigenvalue weighted by molar-refractivity contribution is 6.04. The molecule has 2 aromatic carbocycles. The average molecular weight is 282 g/mol. The molecule has 0 bridgehead atoms. The molecule has 21 heavy (non-hydrogen) atoms. The first kappa shape index (κ1) is 15.3. The van der Waals surface area contributed by atoms with Crippen LogP contribution in [0.25, 0.3) is 0 Å². The molecule has 3 nitrogen and oxygen atoms in total. The molecule has 0 heterocycles. The standard InChI is InChI=1S/C18H22N2O/c1-3-20(4-2)14-16-12-8-9-13-17(16)19-18(21)15-10-6-5-7-11-15/h5-13H,3-4,14H2,1-2H3,(H,19,21). The first-order chi connectivity index (χ1) is 10.2. The summed E-state index contributed by atoms with van der Waals surface area (Å²) in [5, 5.41) is 3.01. The Kier molecular flexibility index (Phi) is 5.52. The fourth-order valence-corrected chi connectivity index (χ4v) is 2.25. The van der Waals surface area contributed by atoms with Gasteiger partial charge in [0.05, 0.1) is 0 Å². The molecule has 2 rings (SSSR count). The van der Waals surface area contributed by atoms with Crippen LogP contribution in [-0.4, -0.2) is 23.9 Å². The number of para-hydroxylation sites is 1. The molecule has 110 valence electrons. The molecule has 3 heteroatoms. The first-order valence-electron chi connectivity index (χ1n) is 7.41. The Morgan fingerprint density at radius 2 is 1.57 bits per heavy atom. The van der Waals surface area contributed by atoms with Gasteiger partial charge in [0.15, 0.2) is 0 Å². The van der Waals surface area contributed by atoms with Gasteiger partial charge in [-0.05, 0) is 36.9 Å². The van der Waals surface area contributed by atoms with E-state index in [0.717, 1.165) is 30.9 Å². The van der Waals surface area contributed by atoms with Crippen molar-refractivity contribution >= 4 is 11.6 Å². The van der Waals surface area contributed by atoms with Crippen LogP contribution < -0.4 is 5.32 Å². The molecule has 1 amide bonds. The van der Waals surface area contributed by atoms with Crippen molar-refractivity contribution in [2.45, 2.75) is 20.4 Å². The van der Waals surface area contributed by atoms with Crippen molar-refractivity contribution in [2.75, 3.05) is 18.4 Å². The topological polar surface area (TPSA) is 32.3 Å². The van der Waals surface area contributed by atoms with Crippen molar-refractivity contribution in [3.05, 3.63) is 65.7 Å². The number of nitrogens with zero attached hydrogens (tertiary/aromatic N) is 1. The number of carbonyl (C=O) groups excluding carboxylic acids is 1. The summed E-state index contributed by atoms with van der Waals surface area (Å²) in [7, 11) is 0. The highest BCUT2D eigenvalue weighted by Crippen LogP contribution is 2.18. The molecule has 0 aliphatic heterocycles. The van der Waals surface area contributed by atoms with Gasteiger partial charge in [-0.3, -0.25) is 9.69 Å². The van der Waals surface area contributed by atoms with Crippen molar-refractivity contribution in [3.8, 4) is 0 Å². The third-order valence-corrected chi connectivity index (χ3v) is 3.59. The summed E-state index contributed by atoms with van der Waals surface area (Å²) < 4.78 is 0. The van der Waals surface area contributed by atoms with E-state index in [-0.39, 0.29) is 5.91 Å². The molecule has 0 spiro atoms. The molecule has 0 fully saturated rings. The first-order valence-corrected chi connectivity index (χ1v) is 7.41. The number of rotatable bonds is 6. The van der Waals surface area contributed by atoms with Crippen LogP contribution in [0, 0.1) is 0 Å². The molecule has 0 unspecified atom stereocenters. The molecule has 0 aromatic heterocycles. The summed E-state index contributed by atoms with van der Waals surface area (Å²) >= 11 is 0. The van der Waals surface area contributed by atoms with Gasteiger partial charge in [0.25, 0.3) is 5.91 Å². The lowest BCUT2D eigenvalue weighted by molar-refractivity contribution is 0.102. The van der Waals surface area contributed by atoms with Gasteiger partial charge in [-0.2, -0.15) is 0 Å². The van der Waals surface area contributed by atoms with E-state index in [9.17, 15) is 4.79 Å². The summed E-state index contributed by atoms with van der Waals surface area (Å²) in [6.07, 6.45) is 0. The normalized spacial score (nSPS) is 10.6. The third kappa shape index (κ3) is 4.17. The summed E-state index contributed by atoms with van der Waals surface area (Å²) in [6, 6.07) is 17.3. The number of hydrogen-bond acceptors (Lipinski definition) is 2. The lowest BCUT2D eigenvalue weighted by Gasteiger charge is -2.20. The van der Waals surface area contributed by atoms with Crippen molar-refractivity contribution in [1.29, 1.82) is 0 Å². The maximum atomic E-state index is 12.3. The second-order valence-corrected chi connectivity index (χ2v) is 4.94. The number of benzene rings is 2. The largest absolute Gasteiger partial charge is 0.322 e. The lowest BCUT2D eigenvalue weighted by atomic mass is 10.1. The summed E-state index contributed by atoms with van der Waals surface area (Å²) in [4.78, 5) is 14.6. The van der Waals surface area contributed by atoms with E-state index in [1.54, 1.807) is 0 Å². The van der Waals surface area contributed by atoms with Gasteiger partial charge in [-0.15, -0.1) is 0 Å². The van der Waals surface area contributed by atoms with Crippen LogP contribution in [0.5, 0.6) is 0 Å². The van der Waals surface area contributed by atoms with Gasteiger partial charge < -0.3 is 5.32 Å². The highest BCUT2D eigenvalue weighted by Gasteiger charge is 2.10. The zero-order chi connectivity index (χ0) is 15.1. The summed E-state index contributed by atoms with van der Waals surface area (Å²) in [5.74, 6) is -0.0670. The van der Waals surface area contributed by atoms with E-state index in [1.807, 2.05) is 48.5 Å². The smallest absolute Gasteiger partial charge is 0.255 e. The molecule has 0 aliphatic carbocycles. The van der Waals surface area contributed by atoms with E-state index in [4.69, 9.17) is 0 Å². The molecular formula is C18H22N2O. The van der Waals surface area contributed by atoms with Crippen molar-refractivity contribution in [1.82, 2.24) is 4.90 Å². The Balaban J connectivity index is 2.15. The number of hydrogen-bond donors (Lipinski definition) is 1. The number of amides is 1. The minimum Gasteiger partial charge on any atom is -0.322 e. The zero-order valence-electron chi connectivity index (χ0n) is 12.7. The molecule has 2 aromatic rings. The van der Waals surface area contributed by atoms with Crippen molar-refractivity contribution in [3.63, 3.8) is 0 Å². The molecule has 0 aliphatic rings. The minimum atomic E-state index is -0.0670. The quantitative estimate of drug-likeness (QED) is 0.874. The Labute approximate surface area is 126 Å². The van der Waals surface area contributed by atoms with Crippen LogP contribution in [0.3, 0.4) is 0 Å². The van der Waals surface area contributed by atoms with E-state index in [1.165, 1.54) is 0 Å².